The summed E-state index contributed by atoms with van der Waals surface area (Å²) in [6.45, 7) is 6.39. The van der Waals surface area contributed by atoms with E-state index in [4.69, 9.17) is 0 Å². The van der Waals surface area contributed by atoms with Crippen LogP contribution in [-0.4, -0.2) is 20.8 Å². The van der Waals surface area contributed by atoms with Gasteiger partial charge in [0.25, 0.3) is 0 Å². The quantitative estimate of drug-likeness (QED) is 0.787. The van der Waals surface area contributed by atoms with E-state index in [0.29, 0.717) is 5.54 Å². The van der Waals surface area contributed by atoms with Gasteiger partial charge in [0.15, 0.2) is 0 Å². The third-order valence-electron chi connectivity index (χ3n) is 3.51. The first-order valence-electron chi connectivity index (χ1n) is 5.81. The standard InChI is InChI=1S/C12H19NOSSi.4H2S/c1-4-10(16)12-13(14)11-8(3)7(2)5-6-9(11)15-12;;;;/h5-6,10,12,14H,4H2,1-3,16H3;4*1H2. The number of hydrogen-bond donors (Lipinski definition) is 1. The van der Waals surface area contributed by atoms with Crippen LogP contribution in [-0.2, 0) is 0 Å². The smallest absolute Gasteiger partial charge is 0.106 e. The minimum atomic E-state index is 0. The molecular formula is C12H27NOS5Si. The van der Waals surface area contributed by atoms with Gasteiger partial charge in [0, 0.05) is 15.1 Å². The topological polar surface area (TPSA) is 23.5 Å². The van der Waals surface area contributed by atoms with Crippen LogP contribution < -0.4 is 5.06 Å². The maximum Gasteiger partial charge on any atom is 0.106 e. The van der Waals surface area contributed by atoms with Crippen molar-refractivity contribution in [2.45, 2.75) is 43.0 Å². The summed E-state index contributed by atoms with van der Waals surface area (Å²) in [5.74, 6) is 0. The molecule has 0 aromatic heterocycles. The van der Waals surface area contributed by atoms with E-state index in [2.05, 4.69) is 32.9 Å². The van der Waals surface area contributed by atoms with Crippen LogP contribution in [0.3, 0.4) is 0 Å². The first-order valence-corrected chi connectivity index (χ1v) is 7.84. The molecule has 0 spiro atoms. The lowest BCUT2D eigenvalue weighted by Gasteiger charge is -2.25. The Morgan fingerprint density at radius 2 is 1.80 bits per heavy atom. The largest absolute Gasteiger partial charge is 0.287 e. The van der Waals surface area contributed by atoms with Crippen LogP contribution in [0.15, 0.2) is 17.0 Å². The van der Waals surface area contributed by atoms with Gasteiger partial charge in [-0.2, -0.15) is 54.0 Å². The number of thioether (sulfide) groups is 1. The zero-order valence-electron chi connectivity index (χ0n) is 12.3. The zero-order chi connectivity index (χ0) is 11.9. The van der Waals surface area contributed by atoms with E-state index in [9.17, 15) is 5.21 Å². The molecule has 0 bridgehead atoms. The highest BCUT2D eigenvalue weighted by atomic mass is 32.2. The van der Waals surface area contributed by atoms with E-state index in [1.165, 1.54) is 21.1 Å². The van der Waals surface area contributed by atoms with Gasteiger partial charge in [-0.1, -0.05) is 31.2 Å². The van der Waals surface area contributed by atoms with Gasteiger partial charge in [0.1, 0.15) is 5.37 Å². The average molecular weight is 390 g/mol. The van der Waals surface area contributed by atoms with E-state index in [1.807, 2.05) is 11.8 Å². The molecule has 1 aliphatic heterocycles. The van der Waals surface area contributed by atoms with Crippen LogP contribution in [0.4, 0.5) is 5.69 Å². The van der Waals surface area contributed by atoms with Gasteiger partial charge in [-0.15, -0.1) is 0 Å². The predicted octanol–water partition coefficient (Wildman–Crippen LogP) is 2.95. The summed E-state index contributed by atoms with van der Waals surface area (Å²) in [7, 11) is 1.13. The molecule has 0 radical (unpaired) electrons. The molecule has 20 heavy (non-hydrogen) atoms. The Bertz CT molecular complexity index is 421. The van der Waals surface area contributed by atoms with Crippen LogP contribution >= 0.6 is 65.7 Å². The maximum absolute atomic E-state index is 10.3. The number of hydroxylamine groups is 1. The van der Waals surface area contributed by atoms with E-state index in [0.717, 1.165) is 22.4 Å². The number of benzene rings is 1. The second-order valence-electron chi connectivity index (χ2n) is 4.59. The monoisotopic (exact) mass is 389 g/mol. The molecule has 0 saturated heterocycles. The molecule has 1 heterocycles. The van der Waals surface area contributed by atoms with Crippen molar-refractivity contribution in [2.75, 3.05) is 5.06 Å². The lowest BCUT2D eigenvalue weighted by molar-refractivity contribution is 0.243. The fourth-order valence-corrected chi connectivity index (χ4v) is 4.11. The molecule has 1 aromatic carbocycles. The Morgan fingerprint density at radius 3 is 2.30 bits per heavy atom. The van der Waals surface area contributed by atoms with Crippen LogP contribution in [0.5, 0.6) is 0 Å². The zero-order valence-corrected chi connectivity index (χ0v) is 19.1. The molecule has 2 rings (SSSR count). The normalized spacial score (nSPS) is 17.0. The summed E-state index contributed by atoms with van der Waals surface area (Å²) >= 11 is 1.81. The summed E-state index contributed by atoms with van der Waals surface area (Å²) in [6.07, 6.45) is 1.15. The van der Waals surface area contributed by atoms with Crippen molar-refractivity contribution in [3.8, 4) is 0 Å². The minimum absolute atomic E-state index is 0. The number of hydrogen-bond acceptors (Lipinski definition) is 3. The predicted molar refractivity (Wildman–Crippen MR) is 115 cm³/mol. The molecule has 2 atom stereocenters. The van der Waals surface area contributed by atoms with Crippen molar-refractivity contribution >= 4 is 81.7 Å². The molecule has 0 fully saturated rings. The number of rotatable bonds is 2. The van der Waals surface area contributed by atoms with Crippen LogP contribution in [0.25, 0.3) is 0 Å². The molecule has 0 aliphatic carbocycles. The SMILES string of the molecule is CCC([SiH3])C1Sc2ccc(C)c(C)c2N1O.S.S.S.S. The first-order chi connectivity index (χ1) is 7.56. The van der Waals surface area contributed by atoms with Gasteiger partial charge in [-0.25, -0.2) is 5.06 Å². The summed E-state index contributed by atoms with van der Waals surface area (Å²) in [5.41, 5.74) is 4.12. The highest BCUT2D eigenvalue weighted by Crippen LogP contribution is 2.48. The average Bonchev–Trinajstić information content (AvgIpc) is 2.61. The van der Waals surface area contributed by atoms with Crippen LogP contribution in [0.1, 0.15) is 24.5 Å². The lowest BCUT2D eigenvalue weighted by Crippen LogP contribution is -2.29. The number of anilines is 1. The Hall–Kier alpha value is 0.947. The molecule has 0 saturated carbocycles. The highest BCUT2D eigenvalue weighted by Gasteiger charge is 2.33. The summed E-state index contributed by atoms with van der Waals surface area (Å²) in [4.78, 5) is 1.23. The molecule has 2 nitrogen and oxygen atoms in total. The van der Waals surface area contributed by atoms with E-state index < -0.39 is 0 Å². The van der Waals surface area contributed by atoms with Crippen molar-refractivity contribution in [2.24, 2.45) is 0 Å². The number of nitrogens with zero attached hydrogens (tertiary/aromatic N) is 1. The van der Waals surface area contributed by atoms with Gasteiger partial charge in [-0.3, -0.25) is 5.21 Å². The second kappa shape index (κ2) is 10.6. The first kappa shape index (κ1) is 25.9. The fraction of sp³-hybridized carbons (Fsp3) is 0.500. The molecule has 120 valence electrons. The third kappa shape index (κ3) is 4.72. The Labute approximate surface area is 157 Å². The molecular weight excluding hydrogens is 363 g/mol. The number of aryl methyl sites for hydroxylation is 1. The van der Waals surface area contributed by atoms with Crippen LogP contribution in [0, 0.1) is 13.8 Å². The van der Waals surface area contributed by atoms with E-state index in [1.54, 1.807) is 0 Å². The molecule has 1 aromatic rings. The Kier molecular flexibility index (Phi) is 13.8. The fourth-order valence-electron chi connectivity index (χ4n) is 2.02. The molecule has 1 N–H and O–H groups in total. The van der Waals surface area contributed by atoms with Gasteiger partial charge in [0.05, 0.1) is 5.69 Å². The summed E-state index contributed by atoms with van der Waals surface area (Å²) in [5, 5.41) is 12.0. The van der Waals surface area contributed by atoms with Crippen molar-refractivity contribution in [3.05, 3.63) is 23.3 Å². The lowest BCUT2D eigenvalue weighted by atomic mass is 10.1. The van der Waals surface area contributed by atoms with Gasteiger partial charge >= 0.3 is 0 Å². The molecule has 0 amide bonds. The molecule has 8 heteroatoms. The summed E-state index contributed by atoms with van der Waals surface area (Å²) in [6, 6.07) is 4.28. The highest BCUT2D eigenvalue weighted by molar-refractivity contribution is 8.00. The summed E-state index contributed by atoms with van der Waals surface area (Å²) < 4.78 is 0. The Balaban J connectivity index is -0.000000722. The van der Waals surface area contributed by atoms with Crippen LogP contribution in [0.2, 0.25) is 5.54 Å². The van der Waals surface area contributed by atoms with E-state index >= 15 is 0 Å². The van der Waals surface area contributed by atoms with Crippen molar-refractivity contribution in [1.82, 2.24) is 0 Å². The second-order valence-corrected chi connectivity index (χ2v) is 7.23. The third-order valence-corrected chi connectivity index (χ3v) is 6.93. The number of fused-ring (bicyclic) bond motifs is 1. The van der Waals surface area contributed by atoms with Gasteiger partial charge in [0.2, 0.25) is 0 Å². The van der Waals surface area contributed by atoms with Gasteiger partial charge < -0.3 is 0 Å². The van der Waals surface area contributed by atoms with Crippen molar-refractivity contribution in [3.63, 3.8) is 0 Å². The van der Waals surface area contributed by atoms with Gasteiger partial charge in [-0.05, 0) is 36.6 Å². The maximum atomic E-state index is 10.3. The van der Waals surface area contributed by atoms with E-state index in [-0.39, 0.29) is 59.4 Å². The molecule has 1 aliphatic rings. The Morgan fingerprint density at radius 1 is 1.25 bits per heavy atom. The van der Waals surface area contributed by atoms with Crippen molar-refractivity contribution < 1.29 is 5.21 Å². The minimum Gasteiger partial charge on any atom is -0.287 e. The molecule has 2 unspecified atom stereocenters. The van der Waals surface area contributed by atoms with Crippen molar-refractivity contribution in [1.29, 1.82) is 0 Å².